The Bertz CT molecular complexity index is 443. The molecule has 16 heavy (non-hydrogen) atoms. The summed E-state index contributed by atoms with van der Waals surface area (Å²) in [6, 6.07) is 1.85. The van der Waals surface area contributed by atoms with E-state index in [1.807, 2.05) is 13.1 Å². The van der Waals surface area contributed by atoms with Crippen molar-refractivity contribution in [3.05, 3.63) is 22.9 Å². The summed E-state index contributed by atoms with van der Waals surface area (Å²) in [7, 11) is 2.04. The van der Waals surface area contributed by atoms with Crippen LogP contribution in [0.4, 0.5) is 5.82 Å². The van der Waals surface area contributed by atoms with Gasteiger partial charge in [-0.05, 0) is 18.7 Å². The molecule has 0 unspecified atom stereocenters. The van der Waals surface area contributed by atoms with Crippen molar-refractivity contribution in [3.8, 4) is 0 Å². The average molecular weight is 221 g/mol. The fraction of sp³-hybridized carbons (Fsp3) is 0.400. The fourth-order valence-electron chi connectivity index (χ4n) is 1.89. The number of amidine groups is 1. The molecule has 0 aliphatic carbocycles. The zero-order valence-electron chi connectivity index (χ0n) is 9.14. The first-order valence-electron chi connectivity index (χ1n) is 5.06. The third-order valence-corrected chi connectivity index (χ3v) is 2.77. The van der Waals surface area contributed by atoms with Crippen LogP contribution in [0.25, 0.3) is 0 Å². The zero-order chi connectivity index (χ0) is 11.7. The summed E-state index contributed by atoms with van der Waals surface area (Å²) in [6.07, 6.45) is 0.881. The summed E-state index contributed by atoms with van der Waals surface area (Å²) >= 11 is 0. The molecule has 0 spiro atoms. The van der Waals surface area contributed by atoms with Crippen LogP contribution in [0, 0.1) is 0 Å². The van der Waals surface area contributed by atoms with Crippen LogP contribution in [0.5, 0.6) is 0 Å². The van der Waals surface area contributed by atoms with Gasteiger partial charge in [-0.15, -0.1) is 0 Å². The maximum Gasteiger partial charge on any atom is 0.173 e. The van der Waals surface area contributed by atoms with Crippen LogP contribution in [0.2, 0.25) is 0 Å². The number of hydrogen-bond acceptors (Lipinski definition) is 5. The Kier molecular flexibility index (Phi) is 2.66. The van der Waals surface area contributed by atoms with Gasteiger partial charge in [0.1, 0.15) is 5.82 Å². The maximum absolute atomic E-state index is 8.64. The number of aromatic nitrogens is 1. The molecule has 0 fully saturated rings. The lowest BCUT2D eigenvalue weighted by Crippen LogP contribution is -2.28. The molecule has 5 N–H and O–H groups in total. The van der Waals surface area contributed by atoms with Crippen molar-refractivity contribution < 1.29 is 5.21 Å². The second-order valence-electron chi connectivity index (χ2n) is 4.00. The minimum absolute atomic E-state index is 0.000950. The Morgan fingerprint density at radius 2 is 2.38 bits per heavy atom. The summed E-state index contributed by atoms with van der Waals surface area (Å²) in [5.41, 5.74) is 13.9. The molecular formula is C10H15N5O. The van der Waals surface area contributed by atoms with Crippen molar-refractivity contribution in [3.63, 3.8) is 0 Å². The summed E-state index contributed by atoms with van der Waals surface area (Å²) in [6.45, 7) is 1.79. The second-order valence-corrected chi connectivity index (χ2v) is 4.00. The number of hydrogen-bond donors (Lipinski definition) is 3. The van der Waals surface area contributed by atoms with Gasteiger partial charge in [0.25, 0.3) is 0 Å². The normalized spacial score (nSPS) is 17.2. The van der Waals surface area contributed by atoms with Crippen molar-refractivity contribution in [2.24, 2.45) is 10.9 Å². The summed E-state index contributed by atoms with van der Waals surface area (Å²) < 4.78 is 0. The molecule has 1 aromatic heterocycles. The molecule has 6 nitrogen and oxygen atoms in total. The monoisotopic (exact) mass is 221 g/mol. The molecule has 0 aromatic carbocycles. The number of anilines is 1. The summed E-state index contributed by atoms with van der Waals surface area (Å²) in [5.74, 6) is 0.319. The Hall–Kier alpha value is -1.82. The Balaban J connectivity index is 2.47. The van der Waals surface area contributed by atoms with Gasteiger partial charge in [0.2, 0.25) is 0 Å². The standard InChI is InChI=1S/C10H15N5O/c1-15-3-2-8-6(5-15)4-7(9(11)13-8)10(12)14-16/h4,16H,2-3,5H2,1H3,(H2,11,13)(H2,12,14). The first-order valence-corrected chi connectivity index (χ1v) is 5.06. The number of rotatable bonds is 1. The van der Waals surface area contributed by atoms with E-state index in [2.05, 4.69) is 15.0 Å². The molecule has 1 aromatic rings. The Labute approximate surface area is 93.6 Å². The quantitative estimate of drug-likeness (QED) is 0.263. The van der Waals surface area contributed by atoms with Gasteiger partial charge >= 0.3 is 0 Å². The lowest BCUT2D eigenvalue weighted by molar-refractivity contribution is 0.310. The summed E-state index contributed by atoms with van der Waals surface area (Å²) in [5, 5.41) is 11.6. The number of nitrogens with zero attached hydrogens (tertiary/aromatic N) is 3. The molecule has 1 aliphatic heterocycles. The van der Waals surface area contributed by atoms with E-state index in [4.69, 9.17) is 16.7 Å². The van der Waals surface area contributed by atoms with Crippen molar-refractivity contribution in [2.45, 2.75) is 13.0 Å². The van der Waals surface area contributed by atoms with E-state index < -0.39 is 0 Å². The third kappa shape index (κ3) is 1.79. The Morgan fingerprint density at radius 3 is 3.06 bits per heavy atom. The molecule has 0 radical (unpaired) electrons. The number of oxime groups is 1. The summed E-state index contributed by atoms with van der Waals surface area (Å²) in [4.78, 5) is 6.49. The number of nitrogens with two attached hydrogens (primary N) is 2. The largest absolute Gasteiger partial charge is 0.409 e. The second kappa shape index (κ2) is 3.97. The van der Waals surface area contributed by atoms with Crippen LogP contribution < -0.4 is 11.5 Å². The molecular weight excluding hydrogens is 206 g/mol. The van der Waals surface area contributed by atoms with Gasteiger partial charge in [-0.3, -0.25) is 0 Å². The average Bonchev–Trinajstić information content (AvgIpc) is 2.28. The van der Waals surface area contributed by atoms with Crippen molar-refractivity contribution >= 4 is 11.7 Å². The molecule has 0 amide bonds. The van der Waals surface area contributed by atoms with Crippen LogP contribution >= 0.6 is 0 Å². The lowest BCUT2D eigenvalue weighted by Gasteiger charge is -2.24. The zero-order valence-corrected chi connectivity index (χ0v) is 9.14. The van der Waals surface area contributed by atoms with Gasteiger partial charge in [-0.2, -0.15) is 0 Å². The van der Waals surface area contributed by atoms with Gasteiger partial charge in [0, 0.05) is 25.2 Å². The number of fused-ring (bicyclic) bond motifs is 1. The lowest BCUT2D eigenvalue weighted by atomic mass is 10.0. The first-order chi connectivity index (χ1) is 7.61. The molecule has 6 heteroatoms. The van der Waals surface area contributed by atoms with E-state index in [0.717, 1.165) is 30.8 Å². The predicted molar refractivity (Wildman–Crippen MR) is 61.2 cm³/mol. The first kappa shape index (κ1) is 10.7. The third-order valence-electron chi connectivity index (χ3n) is 2.77. The van der Waals surface area contributed by atoms with Gasteiger partial charge in [-0.25, -0.2) is 4.98 Å². The smallest absolute Gasteiger partial charge is 0.173 e. The highest BCUT2D eigenvalue weighted by atomic mass is 16.4. The van der Waals surface area contributed by atoms with Gasteiger partial charge in [0.05, 0.1) is 5.56 Å². The van der Waals surface area contributed by atoms with Crippen molar-refractivity contribution in [1.29, 1.82) is 0 Å². The highest BCUT2D eigenvalue weighted by Gasteiger charge is 2.18. The van der Waals surface area contributed by atoms with Crippen molar-refractivity contribution in [2.75, 3.05) is 19.3 Å². The minimum Gasteiger partial charge on any atom is -0.409 e. The highest BCUT2D eigenvalue weighted by molar-refractivity contribution is 6.01. The molecule has 1 aliphatic rings. The number of likely N-dealkylation sites (N-methyl/N-ethyl adjacent to an activating group) is 1. The van der Waals surface area contributed by atoms with E-state index in [0.29, 0.717) is 11.4 Å². The topological polar surface area (TPSA) is 101 Å². The van der Waals surface area contributed by atoms with Crippen LogP contribution in [-0.2, 0) is 13.0 Å². The van der Waals surface area contributed by atoms with E-state index in [1.165, 1.54) is 0 Å². The fourth-order valence-corrected chi connectivity index (χ4v) is 1.89. The van der Waals surface area contributed by atoms with E-state index in [1.54, 1.807) is 0 Å². The van der Waals surface area contributed by atoms with Crippen LogP contribution in [-0.4, -0.2) is 34.5 Å². The number of nitrogen functional groups attached to an aromatic ring is 1. The van der Waals surface area contributed by atoms with Crippen LogP contribution in [0.15, 0.2) is 11.2 Å². The van der Waals surface area contributed by atoms with Crippen molar-refractivity contribution in [1.82, 2.24) is 9.88 Å². The highest BCUT2D eigenvalue weighted by Crippen LogP contribution is 2.20. The van der Waals surface area contributed by atoms with Gasteiger partial charge < -0.3 is 21.6 Å². The van der Waals surface area contributed by atoms with E-state index >= 15 is 0 Å². The number of pyridine rings is 1. The van der Waals surface area contributed by atoms with E-state index in [9.17, 15) is 0 Å². The molecule has 0 bridgehead atoms. The minimum atomic E-state index is 0.000950. The molecule has 86 valence electrons. The van der Waals surface area contributed by atoms with Crippen LogP contribution in [0.1, 0.15) is 16.8 Å². The van der Waals surface area contributed by atoms with Crippen LogP contribution in [0.3, 0.4) is 0 Å². The molecule has 0 saturated heterocycles. The molecule has 0 saturated carbocycles. The van der Waals surface area contributed by atoms with Gasteiger partial charge in [0.15, 0.2) is 5.84 Å². The maximum atomic E-state index is 8.64. The molecule has 2 rings (SSSR count). The van der Waals surface area contributed by atoms with Gasteiger partial charge in [-0.1, -0.05) is 5.16 Å². The molecule has 0 atom stereocenters. The Morgan fingerprint density at radius 1 is 1.62 bits per heavy atom. The molecule has 2 heterocycles. The van der Waals surface area contributed by atoms with E-state index in [-0.39, 0.29) is 5.84 Å². The predicted octanol–water partition coefficient (Wildman–Crippen LogP) is -0.254. The SMILES string of the molecule is CN1CCc2nc(N)c(/C(N)=N/O)cc2C1.